The maximum Gasteiger partial charge on any atom is 0.246 e. The molecule has 0 fully saturated rings. The lowest BCUT2D eigenvalue weighted by Gasteiger charge is -2.18. The van der Waals surface area contributed by atoms with E-state index < -0.39 is 0 Å². The van der Waals surface area contributed by atoms with Crippen LogP contribution >= 0.6 is 0 Å². The molecule has 4 N–H and O–H groups in total. The monoisotopic (exact) mass is 486 g/mol. The van der Waals surface area contributed by atoms with Crippen LogP contribution in [0.2, 0.25) is 0 Å². The van der Waals surface area contributed by atoms with Crippen molar-refractivity contribution in [3.63, 3.8) is 0 Å². The molecule has 0 saturated carbocycles. The highest BCUT2D eigenvalue weighted by Crippen LogP contribution is 2.33. The lowest BCUT2D eigenvalue weighted by Crippen LogP contribution is -2.27. The van der Waals surface area contributed by atoms with Crippen LogP contribution in [-0.4, -0.2) is 38.0 Å². The van der Waals surface area contributed by atoms with Crippen molar-refractivity contribution in [2.75, 3.05) is 26.2 Å². The Morgan fingerprint density at radius 1 is 0.611 bits per heavy atom. The van der Waals surface area contributed by atoms with E-state index in [0.717, 1.165) is 39.0 Å². The molecular weight excluding hydrogens is 448 g/mol. The number of nitrogens with one attached hydrogen (secondary N) is 4. The molecular formula is C30H38N4O2. The Hall–Kier alpha value is -3.48. The third-order valence-corrected chi connectivity index (χ3v) is 6.17. The Labute approximate surface area is 214 Å². The van der Waals surface area contributed by atoms with E-state index in [0.29, 0.717) is 24.2 Å². The fourth-order valence-corrected chi connectivity index (χ4v) is 4.25. The molecule has 3 aromatic carbocycles. The quantitative estimate of drug-likeness (QED) is 0.155. The molecule has 0 aliphatic carbocycles. The van der Waals surface area contributed by atoms with Gasteiger partial charge in [-0.3, -0.25) is 9.59 Å². The van der Waals surface area contributed by atoms with Gasteiger partial charge >= 0.3 is 0 Å². The van der Waals surface area contributed by atoms with Crippen molar-refractivity contribution in [1.82, 2.24) is 21.3 Å². The van der Waals surface area contributed by atoms with E-state index in [4.69, 9.17) is 0 Å². The summed E-state index contributed by atoms with van der Waals surface area (Å²) >= 11 is 0. The number of hydrogen-bond donors (Lipinski definition) is 4. The molecule has 0 aliphatic heterocycles. The minimum absolute atomic E-state index is 0.0900. The van der Waals surface area contributed by atoms with Crippen LogP contribution in [0.1, 0.15) is 37.8 Å². The molecule has 0 bridgehead atoms. The first-order valence-corrected chi connectivity index (χ1v) is 12.6. The number of fused-ring (bicyclic) bond motifs is 2. The number of amides is 2. The maximum absolute atomic E-state index is 11.6. The standard InChI is InChI=1S/C30H38N4O2/c1-21(2)29(35)33-17-9-15-31-19-27-23-11-5-7-13-25(23)28(26-14-8-6-12-24(26)27)20-32-16-10-18-34-30(36)22(3)4/h5-8,11-14,31-32H,1,3,9-10,15-20H2,2,4H3,(H,33,35)(H,34,36). The van der Waals surface area contributed by atoms with E-state index in [1.165, 1.54) is 32.7 Å². The molecule has 0 unspecified atom stereocenters. The van der Waals surface area contributed by atoms with Crippen LogP contribution in [0.15, 0.2) is 72.8 Å². The highest BCUT2D eigenvalue weighted by atomic mass is 16.2. The maximum atomic E-state index is 11.6. The van der Waals surface area contributed by atoms with Gasteiger partial charge in [-0.25, -0.2) is 0 Å². The summed E-state index contributed by atoms with van der Waals surface area (Å²) in [7, 11) is 0. The van der Waals surface area contributed by atoms with Gasteiger partial charge in [0, 0.05) is 37.3 Å². The summed E-state index contributed by atoms with van der Waals surface area (Å²) < 4.78 is 0. The van der Waals surface area contributed by atoms with Gasteiger partial charge in [-0.1, -0.05) is 61.7 Å². The van der Waals surface area contributed by atoms with Gasteiger partial charge in [0.25, 0.3) is 0 Å². The van der Waals surface area contributed by atoms with E-state index >= 15 is 0 Å². The molecule has 0 spiro atoms. The van der Waals surface area contributed by atoms with Crippen LogP contribution in [0.25, 0.3) is 21.5 Å². The van der Waals surface area contributed by atoms with Crippen LogP contribution in [0.3, 0.4) is 0 Å². The first kappa shape index (κ1) is 27.1. The molecule has 0 atom stereocenters. The molecule has 0 saturated heterocycles. The van der Waals surface area contributed by atoms with Crippen LogP contribution in [0.4, 0.5) is 0 Å². The minimum atomic E-state index is -0.0900. The number of rotatable bonds is 14. The van der Waals surface area contributed by atoms with Crippen LogP contribution < -0.4 is 21.3 Å². The molecule has 190 valence electrons. The number of hydrogen-bond acceptors (Lipinski definition) is 4. The van der Waals surface area contributed by atoms with E-state index in [1.54, 1.807) is 13.8 Å². The van der Waals surface area contributed by atoms with Gasteiger partial charge in [0.05, 0.1) is 0 Å². The second-order valence-corrected chi connectivity index (χ2v) is 9.18. The third kappa shape index (κ3) is 7.26. The first-order chi connectivity index (χ1) is 17.4. The summed E-state index contributed by atoms with van der Waals surface area (Å²) in [5.41, 5.74) is 3.65. The molecule has 36 heavy (non-hydrogen) atoms. The highest BCUT2D eigenvalue weighted by molar-refractivity contribution is 6.05. The number of carbonyl (C=O) groups is 2. The molecule has 6 heteroatoms. The Morgan fingerprint density at radius 3 is 1.25 bits per heavy atom. The Bertz CT molecular complexity index is 1100. The van der Waals surface area contributed by atoms with Crippen molar-refractivity contribution in [3.05, 3.63) is 84.0 Å². The smallest absolute Gasteiger partial charge is 0.246 e. The van der Waals surface area contributed by atoms with Crippen molar-refractivity contribution >= 4 is 33.4 Å². The Balaban J connectivity index is 1.68. The predicted octanol–water partition coefficient (Wildman–Crippen LogP) is 4.34. The van der Waals surface area contributed by atoms with Gasteiger partial charge in [-0.05, 0) is 72.5 Å². The Morgan fingerprint density at radius 2 is 0.944 bits per heavy atom. The first-order valence-electron chi connectivity index (χ1n) is 12.6. The SMILES string of the molecule is C=C(C)C(=O)NCCCNCc1c2ccccc2c(CNCCCNC(=O)C(=C)C)c2ccccc12. The summed E-state index contributed by atoms with van der Waals surface area (Å²) in [5, 5.41) is 17.9. The molecule has 3 aromatic rings. The van der Waals surface area contributed by atoms with Crippen LogP contribution in [0, 0.1) is 0 Å². The van der Waals surface area contributed by atoms with Crippen LogP contribution in [-0.2, 0) is 22.7 Å². The van der Waals surface area contributed by atoms with Crippen molar-refractivity contribution in [1.29, 1.82) is 0 Å². The summed E-state index contributed by atoms with van der Waals surface area (Å²) in [4.78, 5) is 23.3. The minimum Gasteiger partial charge on any atom is -0.352 e. The molecule has 6 nitrogen and oxygen atoms in total. The van der Waals surface area contributed by atoms with Gasteiger partial charge in [0.15, 0.2) is 0 Å². The van der Waals surface area contributed by atoms with Gasteiger partial charge in [-0.2, -0.15) is 0 Å². The second kappa shape index (κ2) is 13.6. The van der Waals surface area contributed by atoms with Gasteiger partial charge in [0.1, 0.15) is 0 Å². The lowest BCUT2D eigenvalue weighted by atomic mass is 9.91. The van der Waals surface area contributed by atoms with Gasteiger partial charge in [0.2, 0.25) is 11.8 Å². The van der Waals surface area contributed by atoms with Crippen molar-refractivity contribution in [3.8, 4) is 0 Å². The van der Waals surface area contributed by atoms with E-state index in [2.05, 4.69) is 83.0 Å². The zero-order valence-corrected chi connectivity index (χ0v) is 21.5. The van der Waals surface area contributed by atoms with E-state index in [9.17, 15) is 9.59 Å². The largest absolute Gasteiger partial charge is 0.352 e. The normalized spacial score (nSPS) is 10.9. The summed E-state index contributed by atoms with van der Waals surface area (Å²) in [6.45, 7) is 15.2. The molecule has 0 radical (unpaired) electrons. The fourth-order valence-electron chi connectivity index (χ4n) is 4.25. The van der Waals surface area contributed by atoms with Crippen LogP contribution in [0.5, 0.6) is 0 Å². The average Bonchev–Trinajstić information content (AvgIpc) is 2.88. The summed E-state index contributed by atoms with van der Waals surface area (Å²) in [6, 6.07) is 17.2. The summed E-state index contributed by atoms with van der Waals surface area (Å²) in [6.07, 6.45) is 1.70. The van der Waals surface area contributed by atoms with E-state index in [1.807, 2.05) is 0 Å². The lowest BCUT2D eigenvalue weighted by molar-refractivity contribution is -0.118. The number of benzene rings is 3. The molecule has 3 rings (SSSR count). The zero-order valence-electron chi connectivity index (χ0n) is 21.5. The fraction of sp³-hybridized carbons (Fsp3) is 0.333. The van der Waals surface area contributed by atoms with E-state index in [-0.39, 0.29) is 11.8 Å². The van der Waals surface area contributed by atoms with Crippen molar-refractivity contribution in [2.24, 2.45) is 0 Å². The second-order valence-electron chi connectivity index (χ2n) is 9.18. The molecule has 2 amide bonds. The average molecular weight is 487 g/mol. The highest BCUT2D eigenvalue weighted by Gasteiger charge is 2.13. The van der Waals surface area contributed by atoms with Gasteiger partial charge in [-0.15, -0.1) is 0 Å². The third-order valence-electron chi connectivity index (χ3n) is 6.17. The van der Waals surface area contributed by atoms with Crippen molar-refractivity contribution < 1.29 is 9.59 Å². The molecule has 0 heterocycles. The topological polar surface area (TPSA) is 82.3 Å². The van der Waals surface area contributed by atoms with Crippen molar-refractivity contribution in [2.45, 2.75) is 39.8 Å². The molecule has 0 aliphatic rings. The summed E-state index contributed by atoms with van der Waals surface area (Å²) in [5.74, 6) is -0.180. The Kier molecular flexibility index (Phi) is 10.2. The predicted molar refractivity (Wildman–Crippen MR) is 150 cm³/mol. The molecule has 0 aromatic heterocycles. The van der Waals surface area contributed by atoms with Gasteiger partial charge < -0.3 is 21.3 Å². The number of carbonyl (C=O) groups excluding carboxylic acids is 2. The zero-order chi connectivity index (χ0) is 25.9.